The standard InChI is InChI=1S/C14H25N3O3/c1-11-14(15-16-17(11)2)12(8-6-10-19-3)7-5-9-13(18)20-4/h12H,5-10H2,1-4H3. The molecule has 6 heteroatoms. The monoisotopic (exact) mass is 283 g/mol. The molecule has 0 amide bonds. The molecule has 0 radical (unpaired) electrons. The number of rotatable bonds is 9. The van der Waals surface area contributed by atoms with E-state index in [4.69, 9.17) is 4.74 Å². The van der Waals surface area contributed by atoms with Gasteiger partial charge in [-0.15, -0.1) is 5.10 Å². The van der Waals surface area contributed by atoms with E-state index in [1.54, 1.807) is 11.8 Å². The number of hydrogen-bond acceptors (Lipinski definition) is 5. The number of aromatic nitrogens is 3. The maximum atomic E-state index is 11.2. The number of aryl methyl sites for hydroxylation is 1. The second-order valence-electron chi connectivity index (χ2n) is 4.98. The second kappa shape index (κ2) is 8.68. The summed E-state index contributed by atoms with van der Waals surface area (Å²) in [5, 5.41) is 8.34. The van der Waals surface area contributed by atoms with E-state index in [0.29, 0.717) is 12.3 Å². The number of ether oxygens (including phenoxy) is 2. The maximum Gasteiger partial charge on any atom is 0.305 e. The molecule has 1 heterocycles. The predicted molar refractivity (Wildman–Crippen MR) is 75.5 cm³/mol. The lowest BCUT2D eigenvalue weighted by molar-refractivity contribution is -0.140. The van der Waals surface area contributed by atoms with Crippen LogP contribution in [0, 0.1) is 6.92 Å². The summed E-state index contributed by atoms with van der Waals surface area (Å²) >= 11 is 0. The molecule has 20 heavy (non-hydrogen) atoms. The Balaban J connectivity index is 2.60. The topological polar surface area (TPSA) is 66.2 Å². The fourth-order valence-electron chi connectivity index (χ4n) is 2.28. The Bertz CT molecular complexity index is 418. The number of nitrogens with zero attached hydrogens (tertiary/aromatic N) is 3. The van der Waals surface area contributed by atoms with Gasteiger partial charge in [-0.1, -0.05) is 5.21 Å². The Morgan fingerprint density at radius 3 is 2.55 bits per heavy atom. The summed E-state index contributed by atoms with van der Waals surface area (Å²) in [6.07, 6.45) is 4.15. The van der Waals surface area contributed by atoms with Crippen LogP contribution < -0.4 is 0 Å². The zero-order chi connectivity index (χ0) is 15.0. The van der Waals surface area contributed by atoms with Crippen LogP contribution in [0.3, 0.4) is 0 Å². The van der Waals surface area contributed by atoms with Crippen LogP contribution in [-0.2, 0) is 21.3 Å². The third-order valence-electron chi connectivity index (χ3n) is 3.59. The van der Waals surface area contributed by atoms with Gasteiger partial charge in [-0.25, -0.2) is 0 Å². The van der Waals surface area contributed by atoms with Crippen LogP contribution >= 0.6 is 0 Å². The van der Waals surface area contributed by atoms with Crippen molar-refractivity contribution in [1.29, 1.82) is 0 Å². The molecule has 114 valence electrons. The molecule has 6 nitrogen and oxygen atoms in total. The molecule has 1 rings (SSSR count). The highest BCUT2D eigenvalue weighted by molar-refractivity contribution is 5.68. The molecule has 0 spiro atoms. The molecular weight excluding hydrogens is 258 g/mol. The minimum atomic E-state index is -0.156. The summed E-state index contributed by atoms with van der Waals surface area (Å²) in [6, 6.07) is 0. The molecule has 0 N–H and O–H groups in total. The van der Waals surface area contributed by atoms with Gasteiger partial charge in [0, 0.05) is 33.1 Å². The van der Waals surface area contributed by atoms with Crippen molar-refractivity contribution >= 4 is 5.97 Å². The van der Waals surface area contributed by atoms with E-state index >= 15 is 0 Å². The summed E-state index contributed by atoms with van der Waals surface area (Å²) in [5.74, 6) is 0.167. The van der Waals surface area contributed by atoms with Crippen molar-refractivity contribution in [3.05, 3.63) is 11.4 Å². The first-order valence-corrected chi connectivity index (χ1v) is 7.02. The average molecular weight is 283 g/mol. The van der Waals surface area contributed by atoms with E-state index in [-0.39, 0.29) is 5.97 Å². The largest absolute Gasteiger partial charge is 0.469 e. The molecular formula is C14H25N3O3. The van der Waals surface area contributed by atoms with Crippen LogP contribution in [0.4, 0.5) is 0 Å². The van der Waals surface area contributed by atoms with Gasteiger partial charge >= 0.3 is 5.97 Å². The van der Waals surface area contributed by atoms with Crippen molar-refractivity contribution in [3.63, 3.8) is 0 Å². The fourth-order valence-corrected chi connectivity index (χ4v) is 2.28. The highest BCUT2D eigenvalue weighted by Crippen LogP contribution is 2.27. The van der Waals surface area contributed by atoms with Crippen molar-refractivity contribution in [2.24, 2.45) is 7.05 Å². The van der Waals surface area contributed by atoms with Gasteiger partial charge in [0.25, 0.3) is 0 Å². The second-order valence-corrected chi connectivity index (χ2v) is 4.98. The molecule has 0 aliphatic heterocycles. The molecule has 0 saturated carbocycles. The molecule has 0 fully saturated rings. The summed E-state index contributed by atoms with van der Waals surface area (Å²) in [5.41, 5.74) is 2.12. The van der Waals surface area contributed by atoms with Crippen LogP contribution in [0.5, 0.6) is 0 Å². The van der Waals surface area contributed by atoms with Gasteiger partial charge in [0.15, 0.2) is 0 Å². The van der Waals surface area contributed by atoms with Crippen LogP contribution in [0.15, 0.2) is 0 Å². The molecule has 0 aliphatic carbocycles. The van der Waals surface area contributed by atoms with Crippen LogP contribution in [0.2, 0.25) is 0 Å². The fraction of sp³-hybridized carbons (Fsp3) is 0.786. The lowest BCUT2D eigenvalue weighted by atomic mass is 9.92. The molecule has 1 aromatic heterocycles. The molecule has 1 unspecified atom stereocenters. The lowest BCUT2D eigenvalue weighted by Crippen LogP contribution is -2.07. The smallest absolute Gasteiger partial charge is 0.305 e. The van der Waals surface area contributed by atoms with E-state index < -0.39 is 0 Å². The van der Waals surface area contributed by atoms with E-state index in [1.165, 1.54) is 7.11 Å². The molecule has 0 bridgehead atoms. The summed E-state index contributed by atoms with van der Waals surface area (Å²) in [6.45, 7) is 2.77. The highest BCUT2D eigenvalue weighted by Gasteiger charge is 2.18. The Morgan fingerprint density at radius 2 is 2.00 bits per heavy atom. The van der Waals surface area contributed by atoms with Gasteiger partial charge in [0.1, 0.15) is 0 Å². The zero-order valence-corrected chi connectivity index (χ0v) is 12.9. The SMILES string of the molecule is COCCCC(CCCC(=O)OC)c1nnn(C)c1C. The summed E-state index contributed by atoms with van der Waals surface area (Å²) < 4.78 is 11.6. The Hall–Kier alpha value is -1.43. The van der Waals surface area contributed by atoms with Crippen LogP contribution in [-0.4, -0.2) is 41.8 Å². The van der Waals surface area contributed by atoms with Gasteiger partial charge in [-0.2, -0.15) is 0 Å². The van der Waals surface area contributed by atoms with E-state index in [2.05, 4.69) is 15.0 Å². The van der Waals surface area contributed by atoms with Gasteiger partial charge in [0.05, 0.1) is 18.5 Å². The number of esters is 1. The lowest BCUT2D eigenvalue weighted by Gasteiger charge is -2.15. The van der Waals surface area contributed by atoms with Crippen molar-refractivity contribution in [1.82, 2.24) is 15.0 Å². The van der Waals surface area contributed by atoms with Crippen LogP contribution in [0.25, 0.3) is 0 Å². The first-order chi connectivity index (χ1) is 9.60. The average Bonchev–Trinajstić information content (AvgIpc) is 2.77. The minimum absolute atomic E-state index is 0.156. The molecule has 1 atom stereocenters. The van der Waals surface area contributed by atoms with Crippen molar-refractivity contribution in [2.75, 3.05) is 20.8 Å². The first kappa shape index (κ1) is 16.6. The maximum absolute atomic E-state index is 11.2. The Kier molecular flexibility index (Phi) is 7.22. The predicted octanol–water partition coefficient (Wildman–Crippen LogP) is 1.98. The molecule has 1 aromatic rings. The number of methoxy groups -OCH3 is 2. The number of carbonyl (C=O) groups is 1. The van der Waals surface area contributed by atoms with Gasteiger partial charge < -0.3 is 9.47 Å². The molecule has 0 aromatic carbocycles. The first-order valence-electron chi connectivity index (χ1n) is 7.02. The van der Waals surface area contributed by atoms with Crippen molar-refractivity contribution in [2.45, 2.75) is 44.9 Å². The van der Waals surface area contributed by atoms with Crippen molar-refractivity contribution in [3.8, 4) is 0 Å². The van der Waals surface area contributed by atoms with Gasteiger partial charge in [0.2, 0.25) is 0 Å². The Labute approximate surface area is 120 Å². The van der Waals surface area contributed by atoms with Gasteiger partial charge in [-0.05, 0) is 32.6 Å². The minimum Gasteiger partial charge on any atom is -0.469 e. The summed E-state index contributed by atoms with van der Waals surface area (Å²) in [4.78, 5) is 11.2. The van der Waals surface area contributed by atoms with Crippen molar-refractivity contribution < 1.29 is 14.3 Å². The van der Waals surface area contributed by atoms with Crippen LogP contribution in [0.1, 0.15) is 49.4 Å². The Morgan fingerprint density at radius 1 is 1.30 bits per heavy atom. The van der Waals surface area contributed by atoms with E-state index in [9.17, 15) is 4.79 Å². The van der Waals surface area contributed by atoms with E-state index in [0.717, 1.165) is 43.7 Å². The molecule has 0 aliphatic rings. The third-order valence-corrected chi connectivity index (χ3v) is 3.59. The number of hydrogen-bond donors (Lipinski definition) is 0. The number of carbonyl (C=O) groups excluding carboxylic acids is 1. The quantitative estimate of drug-likeness (QED) is 0.512. The van der Waals surface area contributed by atoms with Gasteiger partial charge in [-0.3, -0.25) is 9.48 Å². The third kappa shape index (κ3) is 4.92. The highest BCUT2D eigenvalue weighted by atomic mass is 16.5. The normalized spacial score (nSPS) is 12.4. The zero-order valence-electron chi connectivity index (χ0n) is 12.9. The summed E-state index contributed by atoms with van der Waals surface area (Å²) in [7, 11) is 5.03. The molecule has 0 saturated heterocycles. The van der Waals surface area contributed by atoms with E-state index in [1.807, 2.05) is 14.0 Å².